The fourth-order valence-corrected chi connectivity index (χ4v) is 1.53. The number of halogens is 1. The van der Waals surface area contributed by atoms with E-state index in [9.17, 15) is 13.2 Å². The Kier molecular flexibility index (Phi) is 6.06. The smallest absolute Gasteiger partial charge is 0.235 e. The number of carbonyl (C=O) groups is 1. The van der Waals surface area contributed by atoms with Gasteiger partial charge < -0.3 is 10.1 Å². The Labute approximate surface area is 88.7 Å². The van der Waals surface area contributed by atoms with Gasteiger partial charge >= 0.3 is 0 Å². The van der Waals surface area contributed by atoms with E-state index in [-0.39, 0.29) is 11.9 Å². The molecule has 0 spiro atoms. The summed E-state index contributed by atoms with van der Waals surface area (Å²) in [5, 5.41) is 2.05. The van der Waals surface area contributed by atoms with E-state index in [1.165, 1.54) is 7.11 Å². The van der Waals surface area contributed by atoms with Gasteiger partial charge in [0.15, 0.2) is 9.84 Å². The predicted octanol–water partition coefficient (Wildman–Crippen LogP) is -0.599. The van der Waals surface area contributed by atoms with Gasteiger partial charge in [0.25, 0.3) is 0 Å². The molecule has 0 saturated carbocycles. The van der Waals surface area contributed by atoms with Crippen LogP contribution in [0.5, 0.6) is 0 Å². The number of amides is 1. The Morgan fingerprint density at radius 1 is 1.57 bits per heavy atom. The lowest BCUT2D eigenvalue weighted by atomic mass is 10.4. The maximum atomic E-state index is 11.0. The fourth-order valence-electron chi connectivity index (χ4n) is 0.754. The summed E-state index contributed by atoms with van der Waals surface area (Å²) < 4.78 is 26.1. The van der Waals surface area contributed by atoms with E-state index in [0.29, 0.717) is 6.61 Å². The first-order valence-corrected chi connectivity index (χ1v) is 6.42. The van der Waals surface area contributed by atoms with Crippen molar-refractivity contribution in [3.63, 3.8) is 0 Å². The molecule has 0 radical (unpaired) electrons. The van der Waals surface area contributed by atoms with E-state index in [1.54, 1.807) is 0 Å². The Hall–Kier alpha value is -0.330. The van der Waals surface area contributed by atoms with Crippen LogP contribution in [0.4, 0.5) is 0 Å². The number of methoxy groups -OCH3 is 1. The molecule has 0 saturated heterocycles. The number of hydrogen-bond acceptors (Lipinski definition) is 4. The van der Waals surface area contributed by atoms with Crippen molar-refractivity contribution in [2.45, 2.75) is 5.38 Å². The van der Waals surface area contributed by atoms with Gasteiger partial charge in [0.1, 0.15) is 5.75 Å². The number of ether oxygens (including phenoxy) is 1. The molecule has 0 aliphatic carbocycles. The molecule has 0 aliphatic rings. The Morgan fingerprint density at radius 3 is 2.57 bits per heavy atom. The van der Waals surface area contributed by atoms with Crippen LogP contribution in [-0.4, -0.2) is 52.0 Å². The number of rotatable bonds is 6. The Balaban J connectivity index is 3.75. The highest BCUT2D eigenvalue weighted by Gasteiger charge is 2.12. The number of carbonyl (C=O) groups excluding carboxylic acids is 1. The molecule has 0 rings (SSSR count). The first-order valence-electron chi connectivity index (χ1n) is 3.92. The topological polar surface area (TPSA) is 72.5 Å². The molecule has 0 fully saturated rings. The number of hydrogen-bond donors (Lipinski definition) is 1. The average Bonchev–Trinajstić information content (AvgIpc) is 1.98. The Bertz CT molecular complexity index is 277. The first kappa shape index (κ1) is 13.7. The van der Waals surface area contributed by atoms with Gasteiger partial charge in [-0.15, -0.1) is 11.6 Å². The van der Waals surface area contributed by atoms with Crippen molar-refractivity contribution >= 4 is 27.3 Å². The van der Waals surface area contributed by atoms with E-state index >= 15 is 0 Å². The van der Waals surface area contributed by atoms with Gasteiger partial charge in [0.2, 0.25) is 5.91 Å². The maximum Gasteiger partial charge on any atom is 0.235 e. The van der Waals surface area contributed by atoms with Gasteiger partial charge in [0.05, 0.1) is 12.0 Å². The molecule has 0 bridgehead atoms. The lowest BCUT2D eigenvalue weighted by molar-refractivity contribution is -0.118. The van der Waals surface area contributed by atoms with Crippen LogP contribution in [-0.2, 0) is 19.4 Å². The largest absolute Gasteiger partial charge is 0.383 e. The van der Waals surface area contributed by atoms with Gasteiger partial charge in [-0.1, -0.05) is 0 Å². The van der Waals surface area contributed by atoms with Gasteiger partial charge in [0, 0.05) is 19.9 Å². The average molecular weight is 244 g/mol. The minimum absolute atomic E-state index is 0.198. The first-order chi connectivity index (χ1) is 6.35. The lowest BCUT2D eigenvalue weighted by Crippen LogP contribution is -2.35. The zero-order chi connectivity index (χ0) is 11.2. The molecule has 0 aromatic heterocycles. The molecule has 5 nitrogen and oxygen atoms in total. The zero-order valence-electron chi connectivity index (χ0n) is 8.12. The lowest BCUT2D eigenvalue weighted by Gasteiger charge is -2.09. The molecule has 1 atom stereocenters. The van der Waals surface area contributed by atoms with E-state index in [0.717, 1.165) is 6.26 Å². The molecule has 1 unspecified atom stereocenters. The summed E-state index contributed by atoms with van der Waals surface area (Å²) in [7, 11) is -1.78. The molecule has 0 aliphatic heterocycles. The minimum Gasteiger partial charge on any atom is -0.383 e. The quantitative estimate of drug-likeness (QED) is 0.633. The van der Waals surface area contributed by atoms with Crippen LogP contribution in [0.3, 0.4) is 0 Å². The van der Waals surface area contributed by atoms with Crippen LogP contribution in [0, 0.1) is 0 Å². The monoisotopic (exact) mass is 243 g/mol. The summed E-state index contributed by atoms with van der Waals surface area (Å²) >= 11 is 5.71. The molecule has 14 heavy (non-hydrogen) atoms. The molecule has 0 heterocycles. The van der Waals surface area contributed by atoms with Crippen molar-refractivity contribution < 1.29 is 17.9 Å². The van der Waals surface area contributed by atoms with Crippen LogP contribution < -0.4 is 5.32 Å². The van der Waals surface area contributed by atoms with Gasteiger partial charge in [-0.2, -0.15) is 0 Å². The second kappa shape index (κ2) is 6.21. The van der Waals surface area contributed by atoms with E-state index in [1.807, 2.05) is 0 Å². The minimum atomic E-state index is -3.27. The molecule has 0 aromatic carbocycles. The maximum absolute atomic E-state index is 11.0. The van der Waals surface area contributed by atoms with E-state index < -0.39 is 21.5 Å². The van der Waals surface area contributed by atoms with Crippen LogP contribution >= 0.6 is 11.6 Å². The summed E-state index contributed by atoms with van der Waals surface area (Å²) in [6.45, 7) is 0.504. The highest BCUT2D eigenvalue weighted by molar-refractivity contribution is 7.91. The van der Waals surface area contributed by atoms with Gasteiger partial charge in [-0.05, 0) is 0 Å². The second-order valence-electron chi connectivity index (χ2n) is 2.93. The van der Waals surface area contributed by atoms with Crippen LogP contribution in [0.1, 0.15) is 0 Å². The molecular formula is C7H14ClNO4S. The summed E-state index contributed by atoms with van der Waals surface area (Å²) in [5.41, 5.74) is 0. The fraction of sp³-hybridized carbons (Fsp3) is 0.857. The van der Waals surface area contributed by atoms with E-state index in [4.69, 9.17) is 16.3 Å². The number of nitrogens with one attached hydrogen (secondary N) is 1. The molecule has 84 valence electrons. The molecule has 0 aromatic rings. The zero-order valence-corrected chi connectivity index (χ0v) is 9.69. The molecule has 7 heteroatoms. The summed E-state index contributed by atoms with van der Waals surface area (Å²) in [6.07, 6.45) is 1.000. The van der Waals surface area contributed by atoms with Gasteiger partial charge in [-0.3, -0.25) is 4.79 Å². The van der Waals surface area contributed by atoms with E-state index in [2.05, 4.69) is 5.32 Å². The normalized spacial score (nSPS) is 13.6. The van der Waals surface area contributed by atoms with Crippen LogP contribution in [0.15, 0.2) is 0 Å². The number of alkyl halides is 1. The van der Waals surface area contributed by atoms with Crippen molar-refractivity contribution in [1.82, 2.24) is 5.32 Å². The summed E-state index contributed by atoms with van der Waals surface area (Å²) in [5.74, 6) is -1.06. The van der Waals surface area contributed by atoms with Crippen molar-refractivity contribution in [3.8, 4) is 0 Å². The SMILES string of the molecule is COCC(Cl)CNC(=O)CS(C)(=O)=O. The summed E-state index contributed by atoms with van der Waals surface area (Å²) in [6, 6.07) is 0. The highest BCUT2D eigenvalue weighted by atomic mass is 35.5. The number of sulfone groups is 1. The molecule has 1 amide bonds. The predicted molar refractivity (Wildman–Crippen MR) is 54.2 cm³/mol. The third kappa shape index (κ3) is 8.28. The van der Waals surface area contributed by atoms with Crippen molar-refractivity contribution in [3.05, 3.63) is 0 Å². The van der Waals surface area contributed by atoms with Crippen molar-refractivity contribution in [2.24, 2.45) is 0 Å². The van der Waals surface area contributed by atoms with Gasteiger partial charge in [-0.25, -0.2) is 8.42 Å². The molecule has 1 N–H and O–H groups in total. The second-order valence-corrected chi connectivity index (χ2v) is 5.68. The molecular weight excluding hydrogens is 230 g/mol. The standard InChI is InChI=1S/C7H14ClNO4S/c1-13-4-6(8)3-9-7(10)5-14(2,11)12/h6H,3-5H2,1-2H3,(H,9,10). The van der Waals surface area contributed by atoms with Crippen LogP contribution in [0.2, 0.25) is 0 Å². The summed E-state index contributed by atoms with van der Waals surface area (Å²) in [4.78, 5) is 11.0. The van der Waals surface area contributed by atoms with Crippen molar-refractivity contribution in [2.75, 3.05) is 32.3 Å². The van der Waals surface area contributed by atoms with Crippen LogP contribution in [0.25, 0.3) is 0 Å². The third-order valence-corrected chi connectivity index (χ3v) is 2.33. The highest BCUT2D eigenvalue weighted by Crippen LogP contribution is 1.93. The third-order valence-electron chi connectivity index (χ3n) is 1.26. The Morgan fingerprint density at radius 2 is 2.14 bits per heavy atom. The van der Waals surface area contributed by atoms with Crippen molar-refractivity contribution in [1.29, 1.82) is 0 Å².